The fraction of sp³-hybridized carbons (Fsp3) is 1.00. The van der Waals surface area contributed by atoms with Gasteiger partial charge in [0.1, 0.15) is 0 Å². The van der Waals surface area contributed by atoms with Crippen LogP contribution in [-0.2, 0) is 13.6 Å². The Balaban J connectivity index is 0. The zero-order valence-corrected chi connectivity index (χ0v) is 42.7. The molecule has 0 saturated carbocycles. The summed E-state index contributed by atoms with van der Waals surface area (Å²) in [6.45, 7) is 8.37. The van der Waals surface area contributed by atoms with Crippen LogP contribution >= 0.6 is 7.82 Å². The molecule has 3 N–H and O–H groups in total. The van der Waals surface area contributed by atoms with Crippen molar-refractivity contribution in [3.05, 3.63) is 0 Å². The van der Waals surface area contributed by atoms with Crippen molar-refractivity contribution in [1.82, 2.24) is 0 Å². The van der Waals surface area contributed by atoms with Crippen molar-refractivity contribution >= 4 is 7.82 Å². The monoisotopic (exact) mass is 872 g/mol. The molecule has 364 valence electrons. The number of nitrogens with two attached hydrogens (primary N) is 1. The molecule has 0 heterocycles. The Labute approximate surface area is 379 Å². The summed E-state index contributed by atoms with van der Waals surface area (Å²) in [6.07, 6.45) is 65.1. The first-order valence-electron chi connectivity index (χ1n) is 27.9. The molecule has 0 atom stereocenters. The van der Waals surface area contributed by atoms with Crippen LogP contribution < -0.4 is 5.73 Å². The van der Waals surface area contributed by atoms with Gasteiger partial charge in [-0.15, -0.1) is 0 Å². The maximum absolute atomic E-state index is 12.0. The highest BCUT2D eigenvalue weighted by molar-refractivity contribution is 7.47. The van der Waals surface area contributed by atoms with Gasteiger partial charge >= 0.3 is 7.82 Å². The molecule has 0 aliphatic carbocycles. The molecule has 0 aromatic heterocycles. The summed E-state index contributed by atoms with van der Waals surface area (Å²) >= 11 is 0. The molecule has 0 aliphatic rings. The number of phosphoric acid groups is 1. The molecule has 0 spiro atoms. The van der Waals surface area contributed by atoms with Crippen LogP contribution in [0, 0.1) is 0 Å². The Bertz CT molecular complexity index is 725. The highest BCUT2D eigenvalue weighted by atomic mass is 31.2. The fourth-order valence-electron chi connectivity index (χ4n) is 8.39. The van der Waals surface area contributed by atoms with Crippen LogP contribution in [0.2, 0.25) is 0 Å². The van der Waals surface area contributed by atoms with Crippen molar-refractivity contribution in [1.29, 1.82) is 0 Å². The highest BCUT2D eigenvalue weighted by Crippen LogP contribution is 2.43. The van der Waals surface area contributed by atoms with Crippen LogP contribution in [0.15, 0.2) is 0 Å². The maximum Gasteiger partial charge on any atom is 0.472 e. The molecular weight excluding hydrogens is 758 g/mol. The van der Waals surface area contributed by atoms with E-state index in [0.717, 1.165) is 32.2 Å². The third-order valence-corrected chi connectivity index (χ3v) is 13.6. The van der Waals surface area contributed by atoms with Crippen molar-refractivity contribution in [3.8, 4) is 0 Å². The first kappa shape index (κ1) is 62.2. The highest BCUT2D eigenvalue weighted by Gasteiger charge is 2.20. The smallest absolute Gasteiger partial charge is 0.330 e. The van der Waals surface area contributed by atoms with Crippen LogP contribution in [0.3, 0.4) is 0 Å². The van der Waals surface area contributed by atoms with E-state index in [1.807, 2.05) is 0 Å². The molecule has 0 fully saturated rings. The van der Waals surface area contributed by atoms with Gasteiger partial charge < -0.3 is 10.6 Å². The molecule has 0 aliphatic heterocycles. The third kappa shape index (κ3) is 60.2. The quantitative estimate of drug-likeness (QED) is 0.0470. The van der Waals surface area contributed by atoms with E-state index in [1.54, 1.807) is 0 Å². The lowest BCUT2D eigenvalue weighted by atomic mass is 10.0. The van der Waals surface area contributed by atoms with E-state index < -0.39 is 7.82 Å². The van der Waals surface area contributed by atoms with E-state index in [9.17, 15) is 9.46 Å². The van der Waals surface area contributed by atoms with Crippen LogP contribution in [0.4, 0.5) is 0 Å². The van der Waals surface area contributed by atoms with Crippen molar-refractivity contribution in [2.75, 3.05) is 19.8 Å². The average Bonchev–Trinajstić information content (AvgIpc) is 3.24. The van der Waals surface area contributed by atoms with Gasteiger partial charge in [0.15, 0.2) is 0 Å². The lowest BCUT2D eigenvalue weighted by Crippen LogP contribution is -1.99. The van der Waals surface area contributed by atoms with E-state index in [0.29, 0.717) is 13.2 Å². The minimum Gasteiger partial charge on any atom is -0.330 e. The zero-order valence-electron chi connectivity index (χ0n) is 41.8. The van der Waals surface area contributed by atoms with Crippen LogP contribution in [0.25, 0.3) is 0 Å². The third-order valence-electron chi connectivity index (χ3n) is 12.6. The molecular formula is C54H114NO4P. The zero-order chi connectivity index (χ0) is 44.0. The van der Waals surface area contributed by atoms with Crippen LogP contribution in [-0.4, -0.2) is 24.7 Å². The van der Waals surface area contributed by atoms with Crippen molar-refractivity contribution in [2.24, 2.45) is 5.73 Å². The van der Waals surface area contributed by atoms with Crippen molar-refractivity contribution in [3.63, 3.8) is 0 Å². The first-order valence-corrected chi connectivity index (χ1v) is 29.4. The summed E-state index contributed by atoms with van der Waals surface area (Å²) in [7, 11) is -3.87. The van der Waals surface area contributed by atoms with Crippen LogP contribution in [0.1, 0.15) is 329 Å². The molecule has 0 amide bonds. The van der Waals surface area contributed by atoms with Gasteiger partial charge in [-0.3, -0.25) is 9.05 Å². The van der Waals surface area contributed by atoms with Gasteiger partial charge in [0.25, 0.3) is 0 Å². The molecule has 0 rings (SSSR count). The molecule has 60 heavy (non-hydrogen) atoms. The number of phosphoric ester groups is 1. The van der Waals surface area contributed by atoms with Crippen LogP contribution in [0.5, 0.6) is 0 Å². The molecule has 0 saturated heterocycles. The van der Waals surface area contributed by atoms with E-state index >= 15 is 0 Å². The summed E-state index contributed by atoms with van der Waals surface area (Å²) in [5.74, 6) is 0. The van der Waals surface area contributed by atoms with E-state index in [2.05, 4.69) is 20.8 Å². The Morgan fingerprint density at radius 3 is 0.600 bits per heavy atom. The minimum absolute atomic E-state index is 0.325. The molecule has 0 radical (unpaired) electrons. The summed E-state index contributed by atoms with van der Waals surface area (Å²) < 4.78 is 22.4. The SMILES string of the molecule is CCCCCCCCCCCCCCCCCCN.CCCCCCCCCCCCCCCCCCOP(=O)(O)OCCCCCCCCCCCCCCCCCC. The normalized spacial score (nSPS) is 11.7. The molecule has 6 heteroatoms. The van der Waals surface area contributed by atoms with Gasteiger partial charge in [-0.1, -0.05) is 310 Å². The Morgan fingerprint density at radius 1 is 0.283 bits per heavy atom. The number of hydrogen-bond acceptors (Lipinski definition) is 4. The predicted octanol–water partition coefficient (Wildman–Crippen LogP) is 19.8. The standard InChI is InChI=1S/C36H75O4P.C18H39N/c1-3-5-7-9-11-13-15-17-19-21-23-25-27-29-31-33-35-39-41(37,38)40-36-34-32-30-28-26-24-22-20-18-16-14-12-10-8-6-4-2;1-2-3-4-5-6-7-8-9-10-11-12-13-14-15-16-17-18-19/h3-36H2,1-2H3,(H,37,38);2-19H2,1H3. The van der Waals surface area contributed by atoms with E-state index in [-0.39, 0.29) is 0 Å². The first-order chi connectivity index (χ1) is 29.5. The van der Waals surface area contributed by atoms with Crippen molar-refractivity contribution in [2.45, 2.75) is 329 Å². The van der Waals surface area contributed by atoms with Gasteiger partial charge in [0.2, 0.25) is 0 Å². The number of hydrogen-bond donors (Lipinski definition) is 2. The number of unbranched alkanes of at least 4 members (excludes halogenated alkanes) is 45. The summed E-state index contributed by atoms with van der Waals surface area (Å²) in [5.41, 5.74) is 5.48. The van der Waals surface area contributed by atoms with E-state index in [4.69, 9.17) is 14.8 Å². The fourth-order valence-corrected chi connectivity index (χ4v) is 9.18. The lowest BCUT2D eigenvalue weighted by Gasteiger charge is -2.12. The molecule has 0 aromatic rings. The van der Waals surface area contributed by atoms with Crippen molar-refractivity contribution < 1.29 is 18.5 Å². The molecule has 0 unspecified atom stereocenters. The molecule has 5 nitrogen and oxygen atoms in total. The van der Waals surface area contributed by atoms with Gasteiger partial charge in [0, 0.05) is 0 Å². The topological polar surface area (TPSA) is 81.8 Å². The Hall–Kier alpha value is 0.0700. The second-order valence-electron chi connectivity index (χ2n) is 18.8. The van der Waals surface area contributed by atoms with Gasteiger partial charge in [-0.25, -0.2) is 4.57 Å². The van der Waals surface area contributed by atoms with Gasteiger partial charge in [0.05, 0.1) is 13.2 Å². The van der Waals surface area contributed by atoms with Gasteiger partial charge in [-0.05, 0) is 25.8 Å². The largest absolute Gasteiger partial charge is 0.472 e. The summed E-state index contributed by atoms with van der Waals surface area (Å²) in [6, 6.07) is 0. The Kier molecular flexibility index (Phi) is 59.1. The molecule has 0 aromatic carbocycles. The summed E-state index contributed by atoms with van der Waals surface area (Å²) in [5, 5.41) is 0. The molecule has 0 bridgehead atoms. The van der Waals surface area contributed by atoms with Gasteiger partial charge in [-0.2, -0.15) is 0 Å². The number of rotatable bonds is 52. The minimum atomic E-state index is -3.87. The second kappa shape index (κ2) is 57.1. The predicted molar refractivity (Wildman–Crippen MR) is 269 cm³/mol. The lowest BCUT2D eigenvalue weighted by molar-refractivity contribution is 0.145. The van der Waals surface area contributed by atoms with E-state index in [1.165, 1.54) is 283 Å². The maximum atomic E-state index is 12.0. The average molecular weight is 872 g/mol. The Morgan fingerprint density at radius 2 is 0.433 bits per heavy atom. The second-order valence-corrected chi connectivity index (χ2v) is 20.3. The summed E-state index contributed by atoms with van der Waals surface area (Å²) in [4.78, 5) is 9.88.